The van der Waals surface area contributed by atoms with E-state index in [2.05, 4.69) is 37.7 Å². The summed E-state index contributed by atoms with van der Waals surface area (Å²) in [6.45, 7) is 4.63. The first kappa shape index (κ1) is 18.7. The van der Waals surface area contributed by atoms with Gasteiger partial charge >= 0.3 is 0 Å². The molecular formula is C23H23N5O. The van der Waals surface area contributed by atoms with Gasteiger partial charge in [-0.3, -0.25) is 4.79 Å². The van der Waals surface area contributed by atoms with Crippen molar-refractivity contribution in [1.82, 2.24) is 20.3 Å². The van der Waals surface area contributed by atoms with Crippen molar-refractivity contribution in [1.29, 1.82) is 0 Å². The number of nitrogens with one attached hydrogen (secondary N) is 3. The highest BCUT2D eigenvalue weighted by atomic mass is 16.1. The maximum absolute atomic E-state index is 12.4. The molecule has 0 aliphatic rings. The topological polar surface area (TPSA) is 82.7 Å². The number of aryl methyl sites for hydroxylation is 2. The monoisotopic (exact) mass is 385 g/mol. The Morgan fingerprint density at radius 3 is 2.52 bits per heavy atom. The number of benzene rings is 2. The lowest BCUT2D eigenvalue weighted by molar-refractivity contribution is 0.0953. The third kappa shape index (κ3) is 4.43. The van der Waals surface area contributed by atoms with E-state index in [1.165, 1.54) is 22.1 Å². The van der Waals surface area contributed by atoms with Gasteiger partial charge in [-0.05, 0) is 55.2 Å². The van der Waals surface area contributed by atoms with Crippen LogP contribution in [0.15, 0.2) is 61.1 Å². The molecule has 0 radical (unpaired) electrons. The Hall–Kier alpha value is -3.67. The lowest BCUT2D eigenvalue weighted by Gasteiger charge is -2.08. The summed E-state index contributed by atoms with van der Waals surface area (Å²) in [6.07, 6.45) is 5.83. The van der Waals surface area contributed by atoms with Gasteiger partial charge in [-0.25, -0.2) is 9.97 Å². The van der Waals surface area contributed by atoms with Crippen molar-refractivity contribution < 1.29 is 4.79 Å². The zero-order valence-electron chi connectivity index (χ0n) is 16.5. The molecule has 1 amide bonds. The number of aromatic amines is 1. The molecule has 0 aliphatic carbocycles. The number of rotatable bonds is 6. The van der Waals surface area contributed by atoms with E-state index in [1.54, 1.807) is 12.4 Å². The van der Waals surface area contributed by atoms with Crippen LogP contribution >= 0.6 is 0 Å². The zero-order valence-corrected chi connectivity index (χ0v) is 16.5. The molecule has 0 aliphatic heterocycles. The van der Waals surface area contributed by atoms with Gasteiger partial charge in [0.2, 0.25) is 5.95 Å². The molecule has 4 rings (SSSR count). The molecule has 0 atom stereocenters. The fraction of sp³-hybridized carbons (Fsp3) is 0.174. The van der Waals surface area contributed by atoms with Gasteiger partial charge in [0.05, 0.1) is 5.56 Å². The first-order valence-electron chi connectivity index (χ1n) is 9.59. The molecule has 6 nitrogen and oxygen atoms in total. The van der Waals surface area contributed by atoms with Crippen molar-refractivity contribution in [3.8, 4) is 0 Å². The number of nitrogens with zero attached hydrogens (tertiary/aromatic N) is 2. The van der Waals surface area contributed by atoms with Crippen molar-refractivity contribution in [2.45, 2.75) is 20.3 Å². The molecular weight excluding hydrogens is 362 g/mol. The van der Waals surface area contributed by atoms with E-state index in [-0.39, 0.29) is 5.91 Å². The molecule has 0 bridgehead atoms. The summed E-state index contributed by atoms with van der Waals surface area (Å²) in [7, 11) is 0. The SMILES string of the molecule is Cc1cc(C)cc(Nc2ncc(C(=O)NCCc3c[nH]c4ccccc34)cn2)c1. The van der Waals surface area contributed by atoms with Gasteiger partial charge in [0.25, 0.3) is 5.91 Å². The summed E-state index contributed by atoms with van der Waals surface area (Å²) in [6, 6.07) is 14.3. The van der Waals surface area contributed by atoms with E-state index in [0.717, 1.165) is 17.6 Å². The summed E-state index contributed by atoms with van der Waals surface area (Å²) in [5, 5.41) is 7.29. The highest BCUT2D eigenvalue weighted by molar-refractivity contribution is 5.93. The van der Waals surface area contributed by atoms with Crippen LogP contribution in [0, 0.1) is 13.8 Å². The molecule has 0 saturated carbocycles. The average molecular weight is 385 g/mol. The summed E-state index contributed by atoms with van der Waals surface area (Å²) in [5.74, 6) is 0.285. The van der Waals surface area contributed by atoms with Crippen molar-refractivity contribution in [3.05, 3.63) is 83.3 Å². The third-order valence-electron chi connectivity index (χ3n) is 4.75. The molecule has 146 valence electrons. The molecule has 2 aromatic heterocycles. The number of hydrogen-bond acceptors (Lipinski definition) is 4. The predicted molar refractivity (Wildman–Crippen MR) is 116 cm³/mol. The minimum absolute atomic E-state index is 0.178. The highest BCUT2D eigenvalue weighted by Gasteiger charge is 2.08. The van der Waals surface area contributed by atoms with E-state index in [0.29, 0.717) is 18.1 Å². The third-order valence-corrected chi connectivity index (χ3v) is 4.75. The fourth-order valence-corrected chi connectivity index (χ4v) is 3.44. The zero-order chi connectivity index (χ0) is 20.2. The van der Waals surface area contributed by atoms with E-state index < -0.39 is 0 Å². The second-order valence-corrected chi connectivity index (χ2v) is 7.16. The van der Waals surface area contributed by atoms with Gasteiger partial charge in [-0.2, -0.15) is 0 Å². The first-order valence-corrected chi connectivity index (χ1v) is 9.59. The smallest absolute Gasteiger partial charge is 0.254 e. The molecule has 3 N–H and O–H groups in total. The molecule has 0 fully saturated rings. The van der Waals surface area contributed by atoms with Crippen LogP contribution in [-0.2, 0) is 6.42 Å². The van der Waals surface area contributed by atoms with Gasteiger partial charge in [0, 0.05) is 41.7 Å². The van der Waals surface area contributed by atoms with E-state index >= 15 is 0 Å². The lowest BCUT2D eigenvalue weighted by atomic mass is 10.1. The second kappa shape index (κ2) is 8.14. The molecule has 4 aromatic rings. The first-order chi connectivity index (χ1) is 14.1. The number of H-pyrrole nitrogens is 1. The molecule has 2 aromatic carbocycles. The van der Waals surface area contributed by atoms with Gasteiger partial charge in [0.1, 0.15) is 0 Å². The summed E-state index contributed by atoms with van der Waals surface area (Å²) >= 11 is 0. The second-order valence-electron chi connectivity index (χ2n) is 7.16. The summed E-state index contributed by atoms with van der Waals surface area (Å²) in [4.78, 5) is 24.2. The van der Waals surface area contributed by atoms with E-state index in [1.807, 2.05) is 50.4 Å². The normalized spacial score (nSPS) is 10.8. The van der Waals surface area contributed by atoms with Gasteiger partial charge < -0.3 is 15.6 Å². The largest absolute Gasteiger partial charge is 0.361 e. The number of aromatic nitrogens is 3. The lowest BCUT2D eigenvalue weighted by Crippen LogP contribution is -2.26. The number of para-hydroxylation sites is 1. The Labute approximate surface area is 169 Å². The summed E-state index contributed by atoms with van der Waals surface area (Å²) < 4.78 is 0. The number of carbonyl (C=O) groups excluding carboxylic acids is 1. The minimum Gasteiger partial charge on any atom is -0.361 e. The molecule has 0 spiro atoms. The maximum Gasteiger partial charge on any atom is 0.254 e. The maximum atomic E-state index is 12.4. The number of hydrogen-bond donors (Lipinski definition) is 3. The Kier molecular flexibility index (Phi) is 5.24. The highest BCUT2D eigenvalue weighted by Crippen LogP contribution is 2.18. The van der Waals surface area contributed by atoms with E-state index in [4.69, 9.17) is 0 Å². The van der Waals surface area contributed by atoms with Gasteiger partial charge in [-0.1, -0.05) is 24.3 Å². The van der Waals surface area contributed by atoms with Crippen LogP contribution in [0.25, 0.3) is 10.9 Å². The van der Waals surface area contributed by atoms with Crippen molar-refractivity contribution in [3.63, 3.8) is 0 Å². The molecule has 0 unspecified atom stereocenters. The van der Waals surface area contributed by atoms with Crippen LogP contribution < -0.4 is 10.6 Å². The van der Waals surface area contributed by atoms with Crippen LogP contribution in [0.3, 0.4) is 0 Å². The quantitative estimate of drug-likeness (QED) is 0.462. The van der Waals surface area contributed by atoms with Crippen molar-refractivity contribution >= 4 is 28.4 Å². The number of carbonyl (C=O) groups is 1. The van der Waals surface area contributed by atoms with Gasteiger partial charge in [-0.15, -0.1) is 0 Å². The summed E-state index contributed by atoms with van der Waals surface area (Å²) in [5.41, 5.74) is 5.99. The van der Waals surface area contributed by atoms with Crippen molar-refractivity contribution in [2.24, 2.45) is 0 Å². The van der Waals surface area contributed by atoms with E-state index in [9.17, 15) is 4.79 Å². The Morgan fingerprint density at radius 1 is 1.03 bits per heavy atom. The molecule has 6 heteroatoms. The standard InChI is InChI=1S/C23H23N5O/c1-15-9-16(2)11-19(10-15)28-23-26-13-18(14-27-23)22(29)24-8-7-17-12-25-21-6-4-3-5-20(17)21/h3-6,9-14,25H,7-8H2,1-2H3,(H,24,29)(H,26,27,28). The molecule has 2 heterocycles. The van der Waals surface area contributed by atoms with Crippen molar-refractivity contribution in [2.75, 3.05) is 11.9 Å². The number of fused-ring (bicyclic) bond motifs is 1. The minimum atomic E-state index is -0.178. The fourth-order valence-electron chi connectivity index (χ4n) is 3.44. The van der Waals surface area contributed by atoms with Crippen LogP contribution in [0.1, 0.15) is 27.0 Å². The number of amides is 1. The van der Waals surface area contributed by atoms with Crippen LogP contribution in [0.2, 0.25) is 0 Å². The molecule has 0 saturated heterocycles. The Morgan fingerprint density at radius 2 is 1.76 bits per heavy atom. The van der Waals surface area contributed by atoms with Crippen LogP contribution in [0.5, 0.6) is 0 Å². The molecule has 29 heavy (non-hydrogen) atoms. The Balaban J connectivity index is 1.34. The average Bonchev–Trinajstić information content (AvgIpc) is 3.11. The van der Waals surface area contributed by atoms with Gasteiger partial charge in [0.15, 0.2) is 0 Å². The van der Waals surface area contributed by atoms with Crippen LogP contribution in [-0.4, -0.2) is 27.4 Å². The predicted octanol–water partition coefficient (Wildman–Crippen LogP) is 4.29. The number of anilines is 2. The van der Waals surface area contributed by atoms with Crippen LogP contribution in [0.4, 0.5) is 11.6 Å². The Bertz CT molecular complexity index is 1130.